The van der Waals surface area contributed by atoms with Gasteiger partial charge in [0.25, 0.3) is 5.91 Å². The fourth-order valence-corrected chi connectivity index (χ4v) is 3.94. The Morgan fingerprint density at radius 2 is 2.04 bits per heavy atom. The molecule has 6 nitrogen and oxygen atoms in total. The summed E-state index contributed by atoms with van der Waals surface area (Å²) in [4.78, 5) is 28.5. The molecule has 0 spiro atoms. The van der Waals surface area contributed by atoms with E-state index < -0.39 is 0 Å². The van der Waals surface area contributed by atoms with Gasteiger partial charge in [0.2, 0.25) is 5.91 Å². The number of hydrogen-bond acceptors (Lipinski definition) is 4. The van der Waals surface area contributed by atoms with Crippen LogP contribution in [0.5, 0.6) is 0 Å². The van der Waals surface area contributed by atoms with Crippen LogP contribution >= 0.6 is 24.0 Å². The largest absolute Gasteiger partial charge is 0.451 e. The predicted molar refractivity (Wildman–Crippen MR) is 102 cm³/mol. The summed E-state index contributed by atoms with van der Waals surface area (Å²) in [6, 6.07) is 6.60. The van der Waals surface area contributed by atoms with E-state index in [1.165, 1.54) is 0 Å². The van der Waals surface area contributed by atoms with Gasteiger partial charge in [-0.3, -0.25) is 9.59 Å². The van der Waals surface area contributed by atoms with E-state index in [2.05, 4.69) is 0 Å². The van der Waals surface area contributed by atoms with Crippen molar-refractivity contribution in [2.45, 2.75) is 31.3 Å². The smallest absolute Gasteiger partial charge is 0.289 e. The topological polar surface area (TPSA) is 79.8 Å². The first-order chi connectivity index (χ1) is 12.0. The summed E-state index contributed by atoms with van der Waals surface area (Å²) < 4.78 is 5.66. The number of nitrogens with zero attached hydrogens (tertiary/aromatic N) is 2. The van der Waals surface area contributed by atoms with Crippen LogP contribution in [-0.2, 0) is 4.79 Å². The lowest BCUT2D eigenvalue weighted by molar-refractivity contribution is -0.135. The maximum Gasteiger partial charge on any atom is 0.289 e. The second-order valence-corrected chi connectivity index (χ2v) is 7.21. The molecule has 4 rings (SSSR count). The molecule has 140 valence electrons. The molecule has 26 heavy (non-hydrogen) atoms. The maximum absolute atomic E-state index is 12.8. The Morgan fingerprint density at radius 3 is 2.81 bits per heavy atom. The highest BCUT2D eigenvalue weighted by Crippen LogP contribution is 2.26. The molecule has 2 amide bonds. The second kappa shape index (κ2) is 7.47. The molecule has 2 aliphatic heterocycles. The van der Waals surface area contributed by atoms with Gasteiger partial charge in [-0.25, -0.2) is 0 Å². The first kappa shape index (κ1) is 19.0. The standard InChI is InChI=1S/C18H20ClN3O3.ClH/c19-12-4-5-15-11(7-12)8-16(25-15)18(24)21-9-13(20)14(10-21)22-6-2-1-3-17(22)23;/h4-5,7-8,13-14H,1-3,6,9-10,20H2;1H/t13-,14+;/m1./s1. The summed E-state index contributed by atoms with van der Waals surface area (Å²) >= 11 is 5.98. The van der Waals surface area contributed by atoms with Gasteiger partial charge < -0.3 is 20.0 Å². The molecule has 0 unspecified atom stereocenters. The van der Waals surface area contributed by atoms with Crippen LogP contribution in [0, 0.1) is 0 Å². The van der Waals surface area contributed by atoms with E-state index in [0.29, 0.717) is 30.1 Å². The number of rotatable bonds is 2. The van der Waals surface area contributed by atoms with E-state index in [9.17, 15) is 9.59 Å². The number of hydrogen-bond donors (Lipinski definition) is 1. The van der Waals surface area contributed by atoms with Crippen LogP contribution in [0.15, 0.2) is 28.7 Å². The molecule has 2 aromatic rings. The van der Waals surface area contributed by atoms with Crippen molar-refractivity contribution in [1.29, 1.82) is 0 Å². The van der Waals surface area contributed by atoms with Crippen molar-refractivity contribution in [1.82, 2.24) is 9.80 Å². The Labute approximate surface area is 162 Å². The highest BCUT2D eigenvalue weighted by Gasteiger charge is 2.40. The first-order valence-electron chi connectivity index (χ1n) is 8.56. The Morgan fingerprint density at radius 1 is 1.23 bits per heavy atom. The lowest BCUT2D eigenvalue weighted by Gasteiger charge is -2.34. The number of benzene rings is 1. The van der Waals surface area contributed by atoms with Gasteiger partial charge in [0, 0.05) is 42.5 Å². The number of amides is 2. The molecular weight excluding hydrogens is 377 g/mol. The minimum absolute atomic E-state index is 0. The molecule has 2 aliphatic rings. The summed E-state index contributed by atoms with van der Waals surface area (Å²) in [6.45, 7) is 1.59. The van der Waals surface area contributed by atoms with Crippen molar-refractivity contribution in [2.75, 3.05) is 19.6 Å². The van der Waals surface area contributed by atoms with E-state index in [1.807, 2.05) is 4.90 Å². The van der Waals surface area contributed by atoms with Gasteiger partial charge >= 0.3 is 0 Å². The first-order valence-corrected chi connectivity index (χ1v) is 8.94. The Hall–Kier alpha value is -1.76. The molecule has 0 bridgehead atoms. The molecule has 0 aliphatic carbocycles. The van der Waals surface area contributed by atoms with Crippen molar-refractivity contribution >= 4 is 46.8 Å². The van der Waals surface area contributed by atoms with Crippen LogP contribution in [0.25, 0.3) is 11.0 Å². The average Bonchev–Trinajstić information content (AvgIpc) is 3.18. The molecule has 1 aromatic carbocycles. The van der Waals surface area contributed by atoms with Gasteiger partial charge in [-0.2, -0.15) is 0 Å². The van der Waals surface area contributed by atoms with E-state index in [-0.39, 0.29) is 42.1 Å². The summed E-state index contributed by atoms with van der Waals surface area (Å²) in [5.74, 6) is 0.212. The van der Waals surface area contributed by atoms with Gasteiger partial charge in [0.05, 0.1) is 6.04 Å². The molecule has 2 saturated heterocycles. The predicted octanol–water partition coefficient (Wildman–Crippen LogP) is 2.67. The summed E-state index contributed by atoms with van der Waals surface area (Å²) in [6.07, 6.45) is 2.50. The fraction of sp³-hybridized carbons (Fsp3) is 0.444. The SMILES string of the molecule is Cl.N[C@@H]1CN(C(=O)c2cc3cc(Cl)ccc3o2)C[C@@H]1N1CCCCC1=O. The third-order valence-electron chi connectivity index (χ3n) is 5.07. The number of carbonyl (C=O) groups excluding carboxylic acids is 2. The highest BCUT2D eigenvalue weighted by atomic mass is 35.5. The Bertz CT molecular complexity index is 838. The van der Waals surface area contributed by atoms with Crippen LogP contribution in [0.4, 0.5) is 0 Å². The zero-order valence-electron chi connectivity index (χ0n) is 14.2. The van der Waals surface area contributed by atoms with Gasteiger partial charge in [-0.1, -0.05) is 11.6 Å². The molecule has 1 aromatic heterocycles. The molecule has 3 heterocycles. The molecule has 2 N–H and O–H groups in total. The lowest BCUT2D eigenvalue weighted by atomic mass is 10.1. The number of carbonyl (C=O) groups is 2. The Kier molecular flexibility index (Phi) is 5.46. The van der Waals surface area contributed by atoms with Gasteiger partial charge in [-0.05, 0) is 37.1 Å². The number of piperidine rings is 1. The molecule has 0 saturated carbocycles. The van der Waals surface area contributed by atoms with Crippen LogP contribution in [0.1, 0.15) is 29.8 Å². The number of fused-ring (bicyclic) bond motifs is 1. The fourth-order valence-electron chi connectivity index (χ4n) is 3.76. The minimum atomic E-state index is -0.232. The number of likely N-dealkylation sites (tertiary alicyclic amines) is 2. The van der Waals surface area contributed by atoms with Gasteiger partial charge in [0.1, 0.15) is 5.58 Å². The molecule has 2 atom stereocenters. The van der Waals surface area contributed by atoms with Gasteiger partial charge in [0.15, 0.2) is 5.76 Å². The average molecular weight is 398 g/mol. The van der Waals surface area contributed by atoms with Gasteiger partial charge in [-0.15, -0.1) is 12.4 Å². The van der Waals surface area contributed by atoms with E-state index in [1.54, 1.807) is 29.2 Å². The summed E-state index contributed by atoms with van der Waals surface area (Å²) in [7, 11) is 0. The van der Waals surface area contributed by atoms with Crippen molar-refractivity contribution < 1.29 is 14.0 Å². The monoisotopic (exact) mass is 397 g/mol. The molecule has 2 fully saturated rings. The normalized spacial score (nSPS) is 23.4. The number of furan rings is 1. The second-order valence-electron chi connectivity index (χ2n) is 6.78. The third kappa shape index (κ3) is 3.41. The molecular formula is C18H21Cl2N3O3. The van der Waals surface area contributed by atoms with Crippen LogP contribution in [0.3, 0.4) is 0 Å². The molecule has 0 radical (unpaired) electrons. The van der Waals surface area contributed by atoms with Crippen LogP contribution in [0.2, 0.25) is 5.02 Å². The van der Waals surface area contributed by atoms with Crippen LogP contribution in [-0.4, -0.2) is 53.3 Å². The third-order valence-corrected chi connectivity index (χ3v) is 5.30. The summed E-state index contributed by atoms with van der Waals surface area (Å²) in [5, 5.41) is 1.39. The minimum Gasteiger partial charge on any atom is -0.451 e. The Balaban J connectivity index is 0.00000196. The molecule has 8 heteroatoms. The zero-order valence-corrected chi connectivity index (χ0v) is 15.8. The van der Waals surface area contributed by atoms with Crippen molar-refractivity contribution in [2.24, 2.45) is 5.73 Å². The van der Waals surface area contributed by atoms with E-state index >= 15 is 0 Å². The quantitative estimate of drug-likeness (QED) is 0.844. The van der Waals surface area contributed by atoms with E-state index in [4.69, 9.17) is 21.8 Å². The maximum atomic E-state index is 12.8. The van der Waals surface area contributed by atoms with Crippen LogP contribution < -0.4 is 5.73 Å². The summed E-state index contributed by atoms with van der Waals surface area (Å²) in [5.41, 5.74) is 6.86. The van der Waals surface area contributed by atoms with Crippen molar-refractivity contribution in [3.63, 3.8) is 0 Å². The van der Waals surface area contributed by atoms with Crippen molar-refractivity contribution in [3.8, 4) is 0 Å². The van der Waals surface area contributed by atoms with E-state index in [0.717, 1.165) is 24.8 Å². The number of nitrogens with two attached hydrogens (primary N) is 1. The lowest BCUT2D eigenvalue weighted by Crippen LogP contribution is -2.51. The number of halogens is 2. The zero-order chi connectivity index (χ0) is 17.6. The van der Waals surface area contributed by atoms with Crippen molar-refractivity contribution in [3.05, 3.63) is 35.0 Å². The highest BCUT2D eigenvalue weighted by molar-refractivity contribution is 6.31.